The first-order valence-electron chi connectivity index (χ1n) is 19.5. The minimum absolute atomic E-state index is 0.00734. The van der Waals surface area contributed by atoms with Crippen molar-refractivity contribution in [1.29, 1.82) is 0 Å². The van der Waals surface area contributed by atoms with E-state index >= 15 is 0 Å². The molecule has 2 aromatic rings. The smallest absolute Gasteiger partial charge is 0.305 e. The van der Waals surface area contributed by atoms with E-state index in [4.69, 9.17) is 7.57 Å². The second-order valence-electron chi connectivity index (χ2n) is 14.7. The lowest BCUT2D eigenvalue weighted by atomic mass is 9.84. The fourth-order valence-electron chi connectivity index (χ4n) is 6.84. The second kappa shape index (κ2) is 24.9. The van der Waals surface area contributed by atoms with Crippen molar-refractivity contribution in [3.8, 4) is 11.5 Å². The quantitative estimate of drug-likeness (QED) is 0.0375. The first kappa shape index (κ1) is 51.0. The number of carbonyl (C=O) groups is 6. The molecule has 4 rings (SSSR count). The number of halogens is 2. The lowest BCUT2D eigenvalue weighted by molar-refractivity contribution is -0.141. The monoisotopic (exact) mass is 1080 g/mol. The van der Waals surface area contributed by atoms with Crippen molar-refractivity contribution in [2.45, 2.75) is 77.7 Å². The van der Waals surface area contributed by atoms with Gasteiger partial charge in [-0.2, -0.15) is 9.12 Å². The van der Waals surface area contributed by atoms with Gasteiger partial charge in [-0.15, -0.1) is 22.4 Å². The molecule has 2 aliphatic rings. The molecule has 2 saturated heterocycles. The van der Waals surface area contributed by atoms with Gasteiger partial charge in [-0.05, 0) is 73.9 Å². The van der Waals surface area contributed by atoms with Gasteiger partial charge in [-0.1, -0.05) is 51.7 Å². The number of hydrogen-bond donors (Lipinski definition) is 4. The van der Waals surface area contributed by atoms with Gasteiger partial charge in [0.2, 0.25) is 29.5 Å². The molecule has 4 unspecified atom stereocenters. The number of hydrogen-bond acceptors (Lipinski definition) is 11. The summed E-state index contributed by atoms with van der Waals surface area (Å²) in [5, 5.41) is 26.1. The van der Waals surface area contributed by atoms with E-state index in [1.54, 1.807) is 4.90 Å². The van der Waals surface area contributed by atoms with Gasteiger partial charge in [0.1, 0.15) is 19.1 Å². The average molecular weight is 1080 g/mol. The van der Waals surface area contributed by atoms with Crippen molar-refractivity contribution in [3.63, 3.8) is 0 Å². The molecule has 2 aliphatic heterocycles. The van der Waals surface area contributed by atoms with E-state index in [0.29, 0.717) is 70.7 Å². The summed E-state index contributed by atoms with van der Waals surface area (Å²) >= 11 is 4.18. The van der Waals surface area contributed by atoms with Crippen LogP contribution in [-0.4, -0.2) is 137 Å². The lowest BCUT2D eigenvalue weighted by Gasteiger charge is -2.24. The second-order valence-corrected chi connectivity index (χ2v) is 22.9. The van der Waals surface area contributed by atoms with Gasteiger partial charge in [-0.3, -0.25) is 38.6 Å². The number of nitrogens with zero attached hydrogens (tertiary/aromatic N) is 3. The number of benzene rings is 2. The molecule has 14 nitrogen and oxygen atoms in total. The number of ether oxygens (including phenoxy) is 1. The number of phenolic OH excluding ortho intramolecular Hbond substituents is 2. The number of methoxy groups -OCH3 is 1. The molecule has 2 fully saturated rings. The number of rotatable bonds is 20. The van der Waals surface area contributed by atoms with E-state index in [0.717, 1.165) is 33.4 Å². The molecule has 5 amide bonds. The SMILES string of the molecule is COC(=O)CCc1cc(C)c(O)c(C)c1.[B]P(I)C1CC(=O)N(CCNCCN(CCNCCN2C(=O)CC(B(P)I)C2=O)C(=O)CCc2cc(C)c(O)c(C)c2)C1=O. The van der Waals surface area contributed by atoms with Gasteiger partial charge in [0.15, 0.2) is 0 Å². The third kappa shape index (κ3) is 15.5. The zero-order valence-corrected chi connectivity index (χ0v) is 40.8. The van der Waals surface area contributed by atoms with E-state index in [9.17, 15) is 39.0 Å². The molecule has 2 radical (unpaired) electrons. The Bertz CT molecular complexity index is 1740. The lowest BCUT2D eigenvalue weighted by Crippen LogP contribution is -2.44. The fourth-order valence-corrected chi connectivity index (χ4v) is 9.69. The van der Waals surface area contributed by atoms with Crippen LogP contribution in [0.1, 0.15) is 59.1 Å². The van der Waals surface area contributed by atoms with E-state index < -0.39 is 11.1 Å². The zero-order valence-electron chi connectivity index (χ0n) is 34.4. The number of amides is 5. The summed E-state index contributed by atoms with van der Waals surface area (Å²) in [4.78, 5) is 78.2. The standard InChI is InChI=1S/C27H39B2I2N5O6P2.C12H16O3/c1-17-13-19(14-18(2)25(17)40)3-4-22(37)34(9-5-32-7-11-35-23(38)15-20(26(35)41)29(30)43)10-6-33-8-12-36-24(39)16-21(27(36)42)44(28)31;1-8-6-10(4-5-11(13)15-3)7-9(2)12(8)14/h13-14,20-21,32-33,40H,3-12,15-16,43H2,1-2H3;6-7,14H,4-5H2,1-3H3. The molecule has 4 N–H and O–H groups in total. The predicted molar refractivity (Wildman–Crippen MR) is 253 cm³/mol. The van der Waals surface area contributed by atoms with Crippen LogP contribution in [0.15, 0.2) is 24.3 Å². The summed E-state index contributed by atoms with van der Waals surface area (Å²) in [6.07, 6.45) is 2.25. The van der Waals surface area contributed by atoms with E-state index in [1.165, 1.54) is 16.9 Å². The van der Waals surface area contributed by atoms with Crippen LogP contribution in [0.3, 0.4) is 0 Å². The summed E-state index contributed by atoms with van der Waals surface area (Å²) < 4.78 is 4.58. The van der Waals surface area contributed by atoms with Crippen molar-refractivity contribution < 1.29 is 43.7 Å². The number of aromatic hydroxyl groups is 2. The van der Waals surface area contributed by atoms with Gasteiger partial charge < -0.3 is 30.5 Å². The summed E-state index contributed by atoms with van der Waals surface area (Å²) in [6, 6.07) is 7.57. The Morgan fingerprint density at radius 3 is 1.68 bits per heavy atom. The van der Waals surface area contributed by atoms with Crippen LogP contribution in [0.4, 0.5) is 0 Å². The summed E-state index contributed by atoms with van der Waals surface area (Å²) in [7, 11) is 9.87. The number of aryl methyl sites for hydroxylation is 6. The van der Waals surface area contributed by atoms with Crippen molar-refractivity contribution in [3.05, 3.63) is 57.6 Å². The molecular weight excluding hydrogens is 1020 g/mol. The number of likely N-dealkylation sites (tertiary alicyclic amines) is 2. The maximum absolute atomic E-state index is 13.3. The number of carbonyl (C=O) groups excluding carboxylic acids is 6. The highest BCUT2D eigenvalue weighted by atomic mass is 127. The first-order valence-corrected chi connectivity index (χ1v) is 25.7. The van der Waals surface area contributed by atoms with Crippen molar-refractivity contribution in [2.75, 3.05) is 59.5 Å². The highest BCUT2D eigenvalue weighted by Gasteiger charge is 2.42. The van der Waals surface area contributed by atoms with E-state index in [2.05, 4.69) is 46.9 Å². The highest BCUT2D eigenvalue weighted by molar-refractivity contribution is 14.2. The van der Waals surface area contributed by atoms with Crippen LogP contribution in [0.25, 0.3) is 0 Å². The molecule has 2 aromatic carbocycles. The highest BCUT2D eigenvalue weighted by Crippen LogP contribution is 2.49. The first-order chi connectivity index (χ1) is 27.9. The van der Waals surface area contributed by atoms with Gasteiger partial charge in [-0.25, -0.2) is 0 Å². The molecule has 0 aliphatic carbocycles. The Kier molecular flexibility index (Phi) is 21.5. The van der Waals surface area contributed by atoms with Crippen LogP contribution in [-0.2, 0) is 46.3 Å². The van der Waals surface area contributed by atoms with Crippen LogP contribution in [0.5, 0.6) is 11.5 Å². The van der Waals surface area contributed by atoms with Gasteiger partial charge in [0.05, 0.1) is 12.8 Å². The van der Waals surface area contributed by atoms with Crippen LogP contribution in [0, 0.1) is 27.7 Å². The molecule has 0 aromatic heterocycles. The van der Waals surface area contributed by atoms with Crippen LogP contribution in [0.2, 0.25) is 5.82 Å². The molecule has 20 heteroatoms. The zero-order chi connectivity index (χ0) is 44.0. The summed E-state index contributed by atoms with van der Waals surface area (Å²) in [5.74, 6) is -0.644. The van der Waals surface area contributed by atoms with Gasteiger partial charge in [0.25, 0.3) is 4.29 Å². The average Bonchev–Trinajstić information content (AvgIpc) is 3.64. The topological polar surface area (TPSA) is 186 Å². The largest absolute Gasteiger partial charge is 0.507 e. The molecule has 320 valence electrons. The number of nitrogens with one attached hydrogen (secondary N) is 2. The Hall–Kier alpha value is -2.37. The van der Waals surface area contributed by atoms with Gasteiger partial charge >= 0.3 is 5.97 Å². The van der Waals surface area contributed by atoms with Crippen LogP contribution >= 0.6 is 59.0 Å². The third-order valence-electron chi connectivity index (χ3n) is 10.2. The minimum Gasteiger partial charge on any atom is -0.507 e. The minimum atomic E-state index is -1.04. The van der Waals surface area contributed by atoms with E-state index in [-0.39, 0.29) is 77.3 Å². The molecule has 0 saturated carbocycles. The molecule has 2 heterocycles. The van der Waals surface area contributed by atoms with E-state index in [1.807, 2.05) is 74.0 Å². The predicted octanol–water partition coefficient (Wildman–Crippen LogP) is 4.03. The maximum atomic E-state index is 13.3. The summed E-state index contributed by atoms with van der Waals surface area (Å²) in [6.45, 7) is 10.6. The molecule has 0 bridgehead atoms. The Balaban J connectivity index is 0.000000520. The Labute approximate surface area is 379 Å². The molecule has 4 atom stereocenters. The van der Waals surface area contributed by atoms with Crippen molar-refractivity contribution in [1.82, 2.24) is 25.3 Å². The Morgan fingerprint density at radius 2 is 1.27 bits per heavy atom. The molecular formula is C39H55B2I2N5O9P2. The number of phenols is 2. The third-order valence-corrected chi connectivity index (χ3v) is 14.6. The maximum Gasteiger partial charge on any atom is 0.305 e. The number of esters is 1. The normalized spacial score (nSPS) is 16.9. The summed E-state index contributed by atoms with van der Waals surface area (Å²) in [5.41, 5.74) is 3.79. The van der Waals surface area contributed by atoms with Gasteiger partial charge in [0, 0.05) is 83.9 Å². The van der Waals surface area contributed by atoms with Crippen molar-refractivity contribution in [2.24, 2.45) is 0 Å². The molecule has 0 spiro atoms. The van der Waals surface area contributed by atoms with Crippen LogP contribution < -0.4 is 10.6 Å². The number of imide groups is 2. The fraction of sp³-hybridized carbons (Fsp3) is 0.538. The van der Waals surface area contributed by atoms with Crippen molar-refractivity contribution >= 4 is 106 Å². The Morgan fingerprint density at radius 1 is 0.831 bits per heavy atom. The molecule has 59 heavy (non-hydrogen) atoms.